The van der Waals surface area contributed by atoms with Crippen molar-refractivity contribution in [1.29, 1.82) is 0 Å². The fourth-order valence-electron chi connectivity index (χ4n) is 3.24. The van der Waals surface area contributed by atoms with E-state index in [1.54, 1.807) is 6.33 Å². The molecular weight excluding hydrogens is 260 g/mol. The highest BCUT2D eigenvalue weighted by Gasteiger charge is 2.14. The molecule has 1 aromatic rings. The van der Waals surface area contributed by atoms with Crippen molar-refractivity contribution in [2.24, 2.45) is 5.92 Å². The molecule has 0 unspecified atom stereocenters. The lowest BCUT2D eigenvalue weighted by molar-refractivity contribution is 0.345. The zero-order valence-corrected chi connectivity index (χ0v) is 13.6. The van der Waals surface area contributed by atoms with Gasteiger partial charge in [0.25, 0.3) is 0 Å². The van der Waals surface area contributed by atoms with Gasteiger partial charge < -0.3 is 10.6 Å². The second kappa shape index (κ2) is 8.85. The van der Waals surface area contributed by atoms with E-state index in [1.807, 2.05) is 0 Å². The molecule has 21 heavy (non-hydrogen) atoms. The van der Waals surface area contributed by atoms with Gasteiger partial charge in [0.2, 0.25) is 0 Å². The Morgan fingerprint density at radius 2 is 1.76 bits per heavy atom. The molecule has 1 aliphatic carbocycles. The summed E-state index contributed by atoms with van der Waals surface area (Å²) in [6.45, 7) is 6.24. The largest absolute Gasteiger partial charge is 0.370 e. The van der Waals surface area contributed by atoms with Gasteiger partial charge in [-0.2, -0.15) is 0 Å². The normalized spacial score (nSPS) is 15.9. The van der Waals surface area contributed by atoms with Crippen LogP contribution >= 0.6 is 0 Å². The molecule has 1 saturated carbocycles. The van der Waals surface area contributed by atoms with Gasteiger partial charge in [0, 0.05) is 18.7 Å². The quantitative estimate of drug-likeness (QED) is 0.751. The summed E-state index contributed by atoms with van der Waals surface area (Å²) >= 11 is 0. The maximum atomic E-state index is 4.46. The minimum absolute atomic E-state index is 0.898. The molecule has 1 fully saturated rings. The molecule has 1 heterocycles. The molecule has 2 rings (SSSR count). The van der Waals surface area contributed by atoms with Crippen LogP contribution in [0.3, 0.4) is 0 Å². The molecule has 4 nitrogen and oxygen atoms in total. The van der Waals surface area contributed by atoms with Crippen LogP contribution in [0.25, 0.3) is 0 Å². The van der Waals surface area contributed by atoms with E-state index in [4.69, 9.17) is 0 Å². The Bertz CT molecular complexity index is 413. The number of hydrogen-bond acceptors (Lipinski definition) is 4. The first-order valence-corrected chi connectivity index (χ1v) is 8.66. The fraction of sp³-hybridized carbons (Fsp3) is 0.765. The molecule has 1 aromatic heterocycles. The third-order valence-corrected chi connectivity index (χ3v) is 4.36. The number of nitrogens with one attached hydrogen (secondary N) is 2. The van der Waals surface area contributed by atoms with Gasteiger partial charge in [-0.15, -0.1) is 0 Å². The monoisotopic (exact) mass is 290 g/mol. The zero-order valence-electron chi connectivity index (χ0n) is 13.6. The summed E-state index contributed by atoms with van der Waals surface area (Å²) in [4.78, 5) is 8.84. The first-order valence-electron chi connectivity index (χ1n) is 8.66. The predicted octanol–water partition coefficient (Wildman–Crippen LogP) is 4.24. The standard InChI is InChI=1S/C17H30N4/c1-3-8-15-16(18-4-2)20-13-21-17(15)19-12-11-14-9-6-5-7-10-14/h13-14H,3-12H2,1-2H3,(H2,18,19,20,21). The van der Waals surface area contributed by atoms with Crippen LogP contribution in [-0.2, 0) is 6.42 Å². The first-order chi connectivity index (χ1) is 10.3. The van der Waals surface area contributed by atoms with Gasteiger partial charge in [0.1, 0.15) is 18.0 Å². The molecule has 2 N–H and O–H groups in total. The molecule has 0 saturated heterocycles. The lowest BCUT2D eigenvalue weighted by atomic mass is 9.87. The summed E-state index contributed by atoms with van der Waals surface area (Å²) in [5.74, 6) is 2.93. The molecule has 1 aliphatic rings. The van der Waals surface area contributed by atoms with Crippen LogP contribution in [0.1, 0.15) is 64.4 Å². The van der Waals surface area contributed by atoms with Crippen molar-refractivity contribution >= 4 is 11.6 Å². The van der Waals surface area contributed by atoms with Crippen LogP contribution in [-0.4, -0.2) is 23.1 Å². The Kier molecular flexibility index (Phi) is 6.77. The Hall–Kier alpha value is -1.32. The van der Waals surface area contributed by atoms with Gasteiger partial charge in [0.05, 0.1) is 0 Å². The van der Waals surface area contributed by atoms with E-state index in [9.17, 15) is 0 Å². The fourth-order valence-corrected chi connectivity index (χ4v) is 3.24. The highest BCUT2D eigenvalue weighted by Crippen LogP contribution is 2.27. The van der Waals surface area contributed by atoms with E-state index >= 15 is 0 Å². The van der Waals surface area contributed by atoms with Crippen molar-refractivity contribution < 1.29 is 0 Å². The summed E-state index contributed by atoms with van der Waals surface area (Å²) < 4.78 is 0. The van der Waals surface area contributed by atoms with Gasteiger partial charge in [-0.25, -0.2) is 9.97 Å². The summed E-state index contributed by atoms with van der Waals surface area (Å²) in [6.07, 6.45) is 12.2. The van der Waals surface area contributed by atoms with E-state index in [1.165, 1.54) is 44.1 Å². The van der Waals surface area contributed by atoms with Gasteiger partial charge in [-0.1, -0.05) is 45.4 Å². The predicted molar refractivity (Wildman–Crippen MR) is 89.9 cm³/mol. The van der Waals surface area contributed by atoms with Crippen molar-refractivity contribution in [2.45, 2.75) is 65.2 Å². The van der Waals surface area contributed by atoms with E-state index in [2.05, 4.69) is 34.4 Å². The van der Waals surface area contributed by atoms with Crippen LogP contribution < -0.4 is 10.6 Å². The smallest absolute Gasteiger partial charge is 0.134 e. The van der Waals surface area contributed by atoms with Crippen molar-refractivity contribution in [3.05, 3.63) is 11.9 Å². The number of aromatic nitrogens is 2. The highest BCUT2D eigenvalue weighted by molar-refractivity contribution is 5.57. The van der Waals surface area contributed by atoms with Gasteiger partial charge in [-0.05, 0) is 25.7 Å². The highest BCUT2D eigenvalue weighted by atomic mass is 15.1. The zero-order chi connectivity index (χ0) is 14.9. The van der Waals surface area contributed by atoms with Crippen LogP contribution in [0.5, 0.6) is 0 Å². The van der Waals surface area contributed by atoms with Gasteiger partial charge >= 0.3 is 0 Å². The maximum Gasteiger partial charge on any atom is 0.134 e. The molecule has 4 heteroatoms. The molecule has 0 bridgehead atoms. The minimum Gasteiger partial charge on any atom is -0.370 e. The molecule has 0 spiro atoms. The summed E-state index contributed by atoms with van der Waals surface area (Å²) in [7, 11) is 0. The maximum absolute atomic E-state index is 4.46. The Balaban J connectivity index is 1.92. The number of rotatable bonds is 8. The molecule has 118 valence electrons. The third-order valence-electron chi connectivity index (χ3n) is 4.36. The minimum atomic E-state index is 0.898. The summed E-state index contributed by atoms with van der Waals surface area (Å²) in [5.41, 5.74) is 1.24. The van der Waals surface area contributed by atoms with Gasteiger partial charge in [0.15, 0.2) is 0 Å². The molecule has 0 aliphatic heterocycles. The average molecular weight is 290 g/mol. The Morgan fingerprint density at radius 3 is 2.43 bits per heavy atom. The molecule has 0 aromatic carbocycles. The second-order valence-corrected chi connectivity index (χ2v) is 6.05. The topological polar surface area (TPSA) is 49.8 Å². The third kappa shape index (κ3) is 4.87. The van der Waals surface area contributed by atoms with Crippen molar-refractivity contribution in [3.8, 4) is 0 Å². The second-order valence-electron chi connectivity index (χ2n) is 6.05. The molecular formula is C17H30N4. The van der Waals surface area contributed by atoms with Crippen LogP contribution in [0, 0.1) is 5.92 Å². The van der Waals surface area contributed by atoms with Crippen LogP contribution in [0.2, 0.25) is 0 Å². The van der Waals surface area contributed by atoms with E-state index < -0.39 is 0 Å². The van der Waals surface area contributed by atoms with Crippen LogP contribution in [0.4, 0.5) is 11.6 Å². The lowest BCUT2D eigenvalue weighted by Crippen LogP contribution is -2.15. The Morgan fingerprint density at radius 1 is 1.05 bits per heavy atom. The van der Waals surface area contributed by atoms with Gasteiger partial charge in [-0.3, -0.25) is 0 Å². The SMILES string of the molecule is CCCc1c(NCC)ncnc1NCCC1CCCCC1. The summed E-state index contributed by atoms with van der Waals surface area (Å²) in [5, 5.41) is 6.90. The van der Waals surface area contributed by atoms with Crippen molar-refractivity contribution in [2.75, 3.05) is 23.7 Å². The number of anilines is 2. The lowest BCUT2D eigenvalue weighted by Gasteiger charge is -2.22. The van der Waals surface area contributed by atoms with Crippen LogP contribution in [0.15, 0.2) is 6.33 Å². The van der Waals surface area contributed by atoms with E-state index in [-0.39, 0.29) is 0 Å². The van der Waals surface area contributed by atoms with E-state index in [0.717, 1.165) is 43.5 Å². The number of hydrogen-bond donors (Lipinski definition) is 2. The van der Waals surface area contributed by atoms with E-state index in [0.29, 0.717) is 0 Å². The molecule has 0 atom stereocenters. The number of nitrogens with zero attached hydrogens (tertiary/aromatic N) is 2. The van der Waals surface area contributed by atoms with Crippen molar-refractivity contribution in [1.82, 2.24) is 9.97 Å². The Labute approximate surface area is 129 Å². The average Bonchev–Trinajstić information content (AvgIpc) is 2.51. The first kappa shape index (κ1) is 16.1. The van der Waals surface area contributed by atoms with Crippen molar-refractivity contribution in [3.63, 3.8) is 0 Å². The molecule has 0 amide bonds. The summed E-state index contributed by atoms with van der Waals surface area (Å²) in [6, 6.07) is 0. The molecule has 0 radical (unpaired) electrons.